The molecule has 1 unspecified atom stereocenters. The molecule has 0 N–H and O–H groups in total. The predicted molar refractivity (Wildman–Crippen MR) is 41.4 cm³/mol. The third kappa shape index (κ3) is 1.01. The number of hydrogen-bond donors (Lipinski definition) is 1. The average molecular weight is 127 g/mol. The molecular weight excluding hydrogens is 118 g/mol. The quantitative estimate of drug-likeness (QED) is 0.517. The van der Waals surface area contributed by atoms with E-state index in [1.54, 1.807) is 0 Å². The molecular formula is C6H9NS. The van der Waals surface area contributed by atoms with Crippen LogP contribution in [0.5, 0.6) is 0 Å². The van der Waals surface area contributed by atoms with Crippen LogP contribution in [-0.2, 0) is 0 Å². The van der Waals surface area contributed by atoms with Crippen molar-refractivity contribution < 1.29 is 0 Å². The number of thiol groups is 1. The highest BCUT2D eigenvalue weighted by atomic mass is 32.2. The zero-order valence-electron chi connectivity index (χ0n) is 4.83. The van der Waals surface area contributed by atoms with E-state index in [0.717, 1.165) is 5.71 Å². The van der Waals surface area contributed by atoms with Gasteiger partial charge in [0.15, 0.2) is 0 Å². The van der Waals surface area contributed by atoms with Crippen LogP contribution in [0.3, 0.4) is 0 Å². The molecule has 0 amide bonds. The molecule has 0 saturated carbocycles. The van der Waals surface area contributed by atoms with Gasteiger partial charge in [-0.25, -0.2) is 4.40 Å². The van der Waals surface area contributed by atoms with Gasteiger partial charge < -0.3 is 0 Å². The zero-order valence-corrected chi connectivity index (χ0v) is 5.73. The normalized spacial score (nSPS) is 30.1. The van der Waals surface area contributed by atoms with E-state index in [1.165, 1.54) is 0 Å². The molecule has 0 aliphatic carbocycles. The van der Waals surface area contributed by atoms with E-state index in [-0.39, 0.29) is 11.1 Å². The number of nitrogens with zero attached hydrogens (tertiary/aromatic N) is 1. The highest BCUT2D eigenvalue weighted by Gasteiger charge is 1.96. The molecule has 0 aromatic carbocycles. The minimum absolute atomic E-state index is 0.311. The molecule has 1 aliphatic rings. The summed E-state index contributed by atoms with van der Waals surface area (Å²) in [5.41, 5.74) is 1.12. The summed E-state index contributed by atoms with van der Waals surface area (Å²) in [7, 11) is 0. The van der Waals surface area contributed by atoms with Gasteiger partial charge in [-0.15, -0.1) is 11.1 Å². The van der Waals surface area contributed by atoms with Crippen LogP contribution in [0.4, 0.5) is 0 Å². The fourth-order valence-corrected chi connectivity index (χ4v) is 1.60. The highest BCUT2D eigenvalue weighted by molar-refractivity contribution is 8.21. The Morgan fingerprint density at radius 1 is 1.88 bits per heavy atom. The van der Waals surface area contributed by atoms with Crippen molar-refractivity contribution in [1.82, 2.24) is 0 Å². The molecule has 0 spiro atoms. The standard InChI is InChI=1S/C6H9NS/c1-3-8-5-4-6(2)7-8/h3-5,8H,1H2,2H3. The maximum Gasteiger partial charge on any atom is 0.0446 e. The molecule has 1 nitrogen and oxygen atoms in total. The number of allylic oxidation sites excluding steroid dienone is 1. The molecule has 1 atom stereocenters. The van der Waals surface area contributed by atoms with Crippen LogP contribution in [0.1, 0.15) is 6.92 Å². The second-order valence-corrected chi connectivity index (χ2v) is 3.24. The summed E-state index contributed by atoms with van der Waals surface area (Å²) in [6.45, 7) is 5.65. The summed E-state index contributed by atoms with van der Waals surface area (Å²) < 4.78 is 4.26. The molecule has 0 fully saturated rings. The summed E-state index contributed by atoms with van der Waals surface area (Å²) >= 11 is -0.311. The van der Waals surface area contributed by atoms with Gasteiger partial charge in [-0.1, -0.05) is 6.58 Å². The Morgan fingerprint density at radius 3 is 2.88 bits per heavy atom. The molecule has 0 aromatic heterocycles. The Hall–Kier alpha value is -0.500. The molecule has 0 radical (unpaired) electrons. The molecule has 0 saturated heterocycles. The van der Waals surface area contributed by atoms with Crippen LogP contribution in [0.15, 0.2) is 27.9 Å². The van der Waals surface area contributed by atoms with Gasteiger partial charge in [-0.05, 0) is 23.8 Å². The van der Waals surface area contributed by atoms with Crippen LogP contribution in [0, 0.1) is 0 Å². The monoisotopic (exact) mass is 127 g/mol. The Labute approximate surface area is 52.3 Å². The van der Waals surface area contributed by atoms with E-state index < -0.39 is 0 Å². The van der Waals surface area contributed by atoms with Crippen LogP contribution in [0.25, 0.3) is 0 Å². The van der Waals surface area contributed by atoms with Gasteiger partial charge in [0.2, 0.25) is 0 Å². The lowest BCUT2D eigenvalue weighted by Crippen LogP contribution is -1.72. The molecule has 0 aromatic rings. The molecule has 1 heterocycles. The first-order valence-electron chi connectivity index (χ1n) is 2.47. The van der Waals surface area contributed by atoms with E-state index in [1.807, 2.05) is 18.4 Å². The molecule has 1 aliphatic heterocycles. The van der Waals surface area contributed by atoms with Gasteiger partial charge in [0.25, 0.3) is 0 Å². The lowest BCUT2D eigenvalue weighted by molar-refractivity contribution is 1.81. The summed E-state index contributed by atoms with van der Waals surface area (Å²) in [5, 5.41) is 3.99. The van der Waals surface area contributed by atoms with Gasteiger partial charge >= 0.3 is 0 Å². The minimum Gasteiger partial charge on any atom is -0.238 e. The molecule has 2 heteroatoms. The van der Waals surface area contributed by atoms with Crippen molar-refractivity contribution in [1.29, 1.82) is 0 Å². The van der Waals surface area contributed by atoms with Gasteiger partial charge in [0, 0.05) is 5.71 Å². The lowest BCUT2D eigenvalue weighted by Gasteiger charge is -1.96. The topological polar surface area (TPSA) is 12.4 Å². The van der Waals surface area contributed by atoms with E-state index >= 15 is 0 Å². The van der Waals surface area contributed by atoms with Crippen molar-refractivity contribution in [3.63, 3.8) is 0 Å². The molecule has 0 bridgehead atoms. The van der Waals surface area contributed by atoms with Crippen molar-refractivity contribution in [3.05, 3.63) is 23.5 Å². The highest BCUT2D eigenvalue weighted by Crippen LogP contribution is 2.33. The Bertz CT molecular complexity index is 158. The smallest absolute Gasteiger partial charge is 0.0446 e. The summed E-state index contributed by atoms with van der Waals surface area (Å²) in [6.07, 6.45) is 2.04. The van der Waals surface area contributed by atoms with Crippen LogP contribution in [0.2, 0.25) is 0 Å². The number of hydrogen-bond acceptors (Lipinski definition) is 1. The van der Waals surface area contributed by atoms with Crippen molar-refractivity contribution in [2.24, 2.45) is 4.40 Å². The largest absolute Gasteiger partial charge is 0.238 e. The fourth-order valence-electron chi connectivity index (χ4n) is 0.535. The minimum atomic E-state index is -0.311. The first-order valence-corrected chi connectivity index (χ1v) is 3.90. The fraction of sp³-hybridized carbons (Fsp3) is 0.167. The predicted octanol–water partition coefficient (Wildman–Crippen LogP) is 2.03. The van der Waals surface area contributed by atoms with Crippen molar-refractivity contribution >= 4 is 16.8 Å². The van der Waals surface area contributed by atoms with Gasteiger partial charge in [0.1, 0.15) is 0 Å². The second-order valence-electron chi connectivity index (χ2n) is 1.62. The Kier molecular flexibility index (Phi) is 1.53. The maximum absolute atomic E-state index is 4.26. The SMILES string of the molecule is C=C[SH]1C=CC(C)=N1. The third-order valence-corrected chi connectivity index (χ3v) is 2.30. The maximum atomic E-state index is 4.26. The van der Waals surface area contributed by atoms with E-state index in [0.29, 0.717) is 0 Å². The van der Waals surface area contributed by atoms with Gasteiger partial charge in [0.05, 0.1) is 0 Å². The van der Waals surface area contributed by atoms with Crippen LogP contribution >= 0.6 is 11.1 Å². The first kappa shape index (κ1) is 5.63. The molecule has 8 heavy (non-hydrogen) atoms. The van der Waals surface area contributed by atoms with Gasteiger partial charge in [-0.3, -0.25) is 0 Å². The Balaban J connectivity index is 2.68. The summed E-state index contributed by atoms with van der Waals surface area (Å²) in [4.78, 5) is 0. The lowest BCUT2D eigenvalue weighted by atomic mass is 10.4. The van der Waals surface area contributed by atoms with E-state index in [2.05, 4.69) is 16.4 Å². The van der Waals surface area contributed by atoms with E-state index in [4.69, 9.17) is 0 Å². The van der Waals surface area contributed by atoms with Crippen LogP contribution < -0.4 is 0 Å². The van der Waals surface area contributed by atoms with Crippen molar-refractivity contribution in [2.75, 3.05) is 0 Å². The van der Waals surface area contributed by atoms with Crippen molar-refractivity contribution in [3.8, 4) is 0 Å². The third-order valence-electron chi connectivity index (χ3n) is 0.929. The van der Waals surface area contributed by atoms with Crippen molar-refractivity contribution in [2.45, 2.75) is 6.92 Å². The Morgan fingerprint density at radius 2 is 2.62 bits per heavy atom. The zero-order chi connectivity index (χ0) is 5.98. The second kappa shape index (κ2) is 2.18. The van der Waals surface area contributed by atoms with E-state index in [9.17, 15) is 0 Å². The number of rotatable bonds is 1. The average Bonchev–Trinajstić information content (AvgIpc) is 2.14. The molecule has 44 valence electrons. The first-order chi connectivity index (χ1) is 3.83. The van der Waals surface area contributed by atoms with Crippen LogP contribution in [-0.4, -0.2) is 5.71 Å². The molecule has 1 rings (SSSR count). The summed E-state index contributed by atoms with van der Waals surface area (Å²) in [6, 6.07) is 0. The summed E-state index contributed by atoms with van der Waals surface area (Å²) in [5.74, 6) is 0. The van der Waals surface area contributed by atoms with Gasteiger partial charge in [-0.2, -0.15) is 0 Å².